The number of aryl methyl sites for hydroxylation is 1. The van der Waals surface area contributed by atoms with E-state index in [1.165, 1.54) is 12.8 Å². The lowest BCUT2D eigenvalue weighted by molar-refractivity contribution is 0.971. The maximum absolute atomic E-state index is 6.17. The Bertz CT molecular complexity index is 611. The Morgan fingerprint density at radius 3 is 2.78 bits per heavy atom. The van der Waals surface area contributed by atoms with Crippen LogP contribution in [0.4, 0.5) is 0 Å². The molecule has 0 radical (unpaired) electrons. The van der Waals surface area contributed by atoms with E-state index in [0.717, 1.165) is 21.4 Å². The first-order chi connectivity index (χ1) is 8.66. The molecule has 1 fully saturated rings. The van der Waals surface area contributed by atoms with E-state index in [9.17, 15) is 0 Å². The van der Waals surface area contributed by atoms with Crippen LogP contribution in [0, 0.1) is 6.92 Å². The largest absolute Gasteiger partial charge is 0.253 e. The zero-order valence-corrected chi connectivity index (χ0v) is 12.2. The molecular formula is C13H11BrClN3. The summed E-state index contributed by atoms with van der Waals surface area (Å²) in [6.45, 7) is 2.00. The second kappa shape index (κ2) is 4.59. The summed E-state index contributed by atoms with van der Waals surface area (Å²) >= 11 is 9.64. The van der Waals surface area contributed by atoms with Gasteiger partial charge in [-0.2, -0.15) is 0 Å². The highest BCUT2D eigenvalue weighted by atomic mass is 79.9. The highest BCUT2D eigenvalue weighted by Gasteiger charge is 2.29. The third-order valence-corrected chi connectivity index (χ3v) is 4.31. The van der Waals surface area contributed by atoms with Gasteiger partial charge in [-0.3, -0.25) is 4.98 Å². The first-order valence-electron chi connectivity index (χ1n) is 5.81. The van der Waals surface area contributed by atoms with Crippen molar-refractivity contribution in [3.63, 3.8) is 0 Å². The van der Waals surface area contributed by atoms with Gasteiger partial charge in [-0.05, 0) is 47.3 Å². The van der Waals surface area contributed by atoms with Crippen LogP contribution in [0.1, 0.15) is 30.0 Å². The van der Waals surface area contributed by atoms with E-state index in [1.54, 1.807) is 6.20 Å². The molecule has 2 aromatic rings. The highest BCUT2D eigenvalue weighted by molar-refractivity contribution is 9.10. The van der Waals surface area contributed by atoms with Gasteiger partial charge in [-0.25, -0.2) is 9.97 Å². The van der Waals surface area contributed by atoms with Gasteiger partial charge in [0, 0.05) is 12.1 Å². The molecular weight excluding hydrogens is 314 g/mol. The van der Waals surface area contributed by atoms with E-state index in [1.807, 2.05) is 19.1 Å². The van der Waals surface area contributed by atoms with Gasteiger partial charge in [0.2, 0.25) is 0 Å². The summed E-state index contributed by atoms with van der Waals surface area (Å²) < 4.78 is 0.823. The average Bonchev–Trinajstić information content (AvgIpc) is 3.17. The van der Waals surface area contributed by atoms with E-state index in [0.29, 0.717) is 16.9 Å². The molecule has 3 rings (SSSR count). The van der Waals surface area contributed by atoms with E-state index in [4.69, 9.17) is 11.6 Å². The van der Waals surface area contributed by atoms with Crippen molar-refractivity contribution in [3.8, 4) is 11.5 Å². The van der Waals surface area contributed by atoms with Crippen LogP contribution in [0.15, 0.2) is 22.8 Å². The Balaban J connectivity index is 2.16. The zero-order chi connectivity index (χ0) is 12.7. The summed E-state index contributed by atoms with van der Waals surface area (Å²) in [4.78, 5) is 13.3. The monoisotopic (exact) mass is 323 g/mol. The van der Waals surface area contributed by atoms with Crippen LogP contribution in [0.25, 0.3) is 11.5 Å². The van der Waals surface area contributed by atoms with Crippen molar-refractivity contribution in [2.75, 3.05) is 0 Å². The molecule has 5 heteroatoms. The molecule has 1 aliphatic rings. The molecule has 0 atom stereocenters. The summed E-state index contributed by atoms with van der Waals surface area (Å²) in [5, 5.41) is 0.465. The minimum atomic E-state index is 0.465. The number of halogens is 2. The number of hydrogen-bond donors (Lipinski definition) is 0. The molecule has 0 N–H and O–H groups in total. The topological polar surface area (TPSA) is 38.7 Å². The van der Waals surface area contributed by atoms with Crippen molar-refractivity contribution in [1.82, 2.24) is 15.0 Å². The molecule has 1 aliphatic carbocycles. The van der Waals surface area contributed by atoms with E-state index in [-0.39, 0.29) is 0 Å². The third-order valence-electron chi connectivity index (χ3n) is 3.02. The Hall–Kier alpha value is -1.00. The number of aromatic nitrogens is 3. The van der Waals surface area contributed by atoms with Gasteiger partial charge >= 0.3 is 0 Å². The quantitative estimate of drug-likeness (QED) is 0.779. The van der Waals surface area contributed by atoms with Crippen molar-refractivity contribution in [1.29, 1.82) is 0 Å². The molecule has 18 heavy (non-hydrogen) atoms. The van der Waals surface area contributed by atoms with Crippen LogP contribution in [-0.2, 0) is 0 Å². The number of hydrogen-bond acceptors (Lipinski definition) is 3. The Morgan fingerprint density at radius 1 is 1.33 bits per heavy atom. The molecule has 0 aliphatic heterocycles. The summed E-state index contributed by atoms with van der Waals surface area (Å²) in [6.07, 6.45) is 4.09. The van der Waals surface area contributed by atoms with E-state index >= 15 is 0 Å². The maximum Gasteiger partial charge on any atom is 0.180 e. The smallest absolute Gasteiger partial charge is 0.180 e. The average molecular weight is 325 g/mol. The van der Waals surface area contributed by atoms with Gasteiger partial charge in [-0.15, -0.1) is 0 Å². The van der Waals surface area contributed by atoms with Crippen LogP contribution in [0.5, 0.6) is 0 Å². The van der Waals surface area contributed by atoms with Crippen molar-refractivity contribution in [3.05, 3.63) is 39.2 Å². The first-order valence-corrected chi connectivity index (χ1v) is 6.99. The van der Waals surface area contributed by atoms with Crippen molar-refractivity contribution in [2.24, 2.45) is 0 Å². The molecule has 1 saturated carbocycles. The van der Waals surface area contributed by atoms with Gasteiger partial charge in [0.25, 0.3) is 0 Å². The summed E-state index contributed by atoms with van der Waals surface area (Å²) in [7, 11) is 0. The Labute approximate surface area is 119 Å². The van der Waals surface area contributed by atoms with Crippen molar-refractivity contribution in [2.45, 2.75) is 25.7 Å². The number of rotatable bonds is 2. The fourth-order valence-electron chi connectivity index (χ4n) is 1.89. The fourth-order valence-corrected chi connectivity index (χ4v) is 2.57. The first kappa shape index (κ1) is 12.1. The predicted octanol–water partition coefficient (Wildman–Crippen LogP) is 4.14. The van der Waals surface area contributed by atoms with Crippen LogP contribution >= 0.6 is 27.5 Å². The Morgan fingerprint density at radius 2 is 2.11 bits per heavy atom. The summed E-state index contributed by atoms with van der Waals surface area (Å²) in [6, 6.07) is 3.90. The van der Waals surface area contributed by atoms with Crippen molar-refractivity contribution >= 4 is 27.5 Å². The molecule has 2 aromatic heterocycles. The summed E-state index contributed by atoms with van der Waals surface area (Å²) in [5.74, 6) is 1.13. The molecule has 2 heterocycles. The molecule has 0 aromatic carbocycles. The molecule has 0 bridgehead atoms. The highest BCUT2D eigenvalue weighted by Crippen LogP contribution is 2.44. The maximum atomic E-state index is 6.17. The van der Waals surface area contributed by atoms with Gasteiger partial charge in [0.05, 0.1) is 10.2 Å². The molecule has 3 nitrogen and oxygen atoms in total. The molecule has 92 valence electrons. The van der Waals surface area contributed by atoms with Crippen LogP contribution < -0.4 is 0 Å². The van der Waals surface area contributed by atoms with Gasteiger partial charge in [-0.1, -0.05) is 17.7 Å². The van der Waals surface area contributed by atoms with Crippen LogP contribution in [0.2, 0.25) is 5.15 Å². The SMILES string of the molecule is Cc1cccnc1-c1nc(Cl)c(Br)c(C2CC2)n1. The zero-order valence-electron chi connectivity index (χ0n) is 9.82. The minimum Gasteiger partial charge on any atom is -0.253 e. The molecule has 0 saturated heterocycles. The number of nitrogens with zero attached hydrogens (tertiary/aromatic N) is 3. The predicted molar refractivity (Wildman–Crippen MR) is 74.7 cm³/mol. The standard InChI is InChI=1S/C13H11BrClN3/c1-7-3-2-6-16-10(7)13-17-11(8-4-5-8)9(14)12(15)18-13/h2-3,6,8H,4-5H2,1H3. The second-order valence-corrected chi connectivity index (χ2v) is 5.63. The lowest BCUT2D eigenvalue weighted by Gasteiger charge is -2.08. The van der Waals surface area contributed by atoms with Crippen LogP contribution in [-0.4, -0.2) is 15.0 Å². The number of pyridine rings is 1. The third kappa shape index (κ3) is 2.15. The fraction of sp³-hybridized carbons (Fsp3) is 0.308. The molecule has 0 spiro atoms. The van der Waals surface area contributed by atoms with Gasteiger partial charge < -0.3 is 0 Å². The van der Waals surface area contributed by atoms with E-state index in [2.05, 4.69) is 30.9 Å². The Kier molecular flexibility index (Phi) is 3.08. The lowest BCUT2D eigenvalue weighted by atomic mass is 10.2. The second-order valence-electron chi connectivity index (χ2n) is 4.48. The van der Waals surface area contributed by atoms with E-state index < -0.39 is 0 Å². The van der Waals surface area contributed by atoms with Gasteiger partial charge in [0.1, 0.15) is 10.8 Å². The van der Waals surface area contributed by atoms with Gasteiger partial charge in [0.15, 0.2) is 5.82 Å². The normalized spacial score (nSPS) is 14.8. The van der Waals surface area contributed by atoms with Crippen LogP contribution in [0.3, 0.4) is 0 Å². The summed E-state index contributed by atoms with van der Waals surface area (Å²) in [5.41, 5.74) is 2.86. The van der Waals surface area contributed by atoms with Crippen molar-refractivity contribution < 1.29 is 0 Å². The molecule has 0 amide bonds. The minimum absolute atomic E-state index is 0.465. The lowest BCUT2D eigenvalue weighted by Crippen LogP contribution is -2.00. The molecule has 0 unspecified atom stereocenters.